The zero-order valence-electron chi connectivity index (χ0n) is 21.5. The molecule has 0 saturated heterocycles. The van der Waals surface area contributed by atoms with Gasteiger partial charge < -0.3 is 9.97 Å². The Labute approximate surface area is 203 Å². The van der Waals surface area contributed by atoms with E-state index in [1.54, 1.807) is 12.1 Å². The van der Waals surface area contributed by atoms with Crippen molar-refractivity contribution in [2.75, 3.05) is 0 Å². The van der Waals surface area contributed by atoms with Gasteiger partial charge in [0.1, 0.15) is 0 Å². The van der Waals surface area contributed by atoms with E-state index in [0.29, 0.717) is 11.3 Å². The number of hydrogen-bond donors (Lipinski definition) is 0. The zero-order valence-corrected chi connectivity index (χ0v) is 19.5. The molecule has 29 heavy (non-hydrogen) atoms. The van der Waals surface area contributed by atoms with Crippen LogP contribution in [-0.2, 0) is 20.1 Å². The zero-order chi connectivity index (χ0) is 24.9. The Balaban J connectivity index is 0.000000254. The molecule has 4 heteroatoms. The summed E-state index contributed by atoms with van der Waals surface area (Å²) in [6.45, 7) is -2.32. The summed E-state index contributed by atoms with van der Waals surface area (Å²) in [7, 11) is 0. The predicted molar refractivity (Wildman–Crippen MR) is 119 cm³/mol. The van der Waals surface area contributed by atoms with Gasteiger partial charge in [0.2, 0.25) is 0 Å². The van der Waals surface area contributed by atoms with Crippen LogP contribution in [0.15, 0.2) is 77.5 Å². The summed E-state index contributed by atoms with van der Waals surface area (Å²) in [6.07, 6.45) is 3.16. The summed E-state index contributed by atoms with van der Waals surface area (Å²) in [5.74, 6) is 0. The number of benzene rings is 2. The van der Waals surface area contributed by atoms with Crippen LogP contribution in [-0.4, -0.2) is 9.97 Å². The monoisotopic (exact) mass is 627 g/mol. The topological polar surface area (TPSA) is 25.8 Å². The molecule has 4 aromatic rings. The Morgan fingerprint density at radius 2 is 1.62 bits per heavy atom. The number of halogens is 1. The van der Waals surface area contributed by atoms with Crippen LogP contribution in [0.1, 0.15) is 24.9 Å². The van der Waals surface area contributed by atoms with Crippen molar-refractivity contribution in [2.45, 2.75) is 20.6 Å². The summed E-state index contributed by atoms with van der Waals surface area (Å²) in [4.78, 5) is 8.42. The van der Waals surface area contributed by atoms with Gasteiger partial charge in [-0.2, -0.15) is 0 Å². The van der Waals surface area contributed by atoms with E-state index in [1.165, 1.54) is 24.4 Å². The Kier molecular flexibility index (Phi) is 6.03. The maximum Gasteiger partial charge on any atom is 0.0280 e. The molecule has 0 spiro atoms. The normalized spacial score (nSPS) is 13.7. The van der Waals surface area contributed by atoms with Crippen molar-refractivity contribution in [2.24, 2.45) is 0 Å². The van der Waals surface area contributed by atoms with Crippen molar-refractivity contribution in [1.82, 2.24) is 9.97 Å². The number of aryl methyl sites for hydroxylation is 3. The van der Waals surface area contributed by atoms with E-state index in [2.05, 4.69) is 38.0 Å². The van der Waals surface area contributed by atoms with Gasteiger partial charge in [-0.1, -0.05) is 41.0 Å². The first-order valence-corrected chi connectivity index (χ1v) is 9.33. The SMILES string of the molecule is Cc1cnc(-c2[c-]cccc2)cc1Br.[2H]C([2H])([2H])c1c[c-]c(-c2ccc(C([2H])([2H])[2H])cn2)cc1.[Ir]. The summed E-state index contributed by atoms with van der Waals surface area (Å²) in [5, 5.41) is 0. The van der Waals surface area contributed by atoms with Gasteiger partial charge in [-0.25, -0.2) is 0 Å². The molecule has 0 saturated carbocycles. The molecule has 0 atom stereocenters. The first-order valence-electron chi connectivity index (χ1n) is 11.5. The van der Waals surface area contributed by atoms with Crippen molar-refractivity contribution >= 4 is 15.9 Å². The molecule has 0 aliphatic rings. The standard InChI is InChI=1S/C13H12N.C12H9BrN.Ir/c1-10-3-6-12(7-4-10)13-8-5-11(2)9-14-13;1-9-8-14-12(7-11(9)13)10-5-3-2-4-6-10;/h3-6,8-9H,1-2H3;2-5,7-8H,1H3;/q2*-1;/i1D3,2D3;;. The maximum atomic E-state index is 7.28. The number of nitrogens with zero attached hydrogens (tertiary/aromatic N) is 2. The largest absolute Gasteiger partial charge is 0.304 e. The summed E-state index contributed by atoms with van der Waals surface area (Å²) in [6, 6.07) is 23.4. The van der Waals surface area contributed by atoms with Crippen molar-refractivity contribution in [3.05, 3.63) is 106 Å². The van der Waals surface area contributed by atoms with Crippen molar-refractivity contribution < 1.29 is 28.3 Å². The quantitative estimate of drug-likeness (QED) is 0.229. The van der Waals surface area contributed by atoms with E-state index in [9.17, 15) is 0 Å². The minimum atomic E-state index is -2.18. The third-order valence-electron chi connectivity index (χ3n) is 3.87. The molecule has 0 unspecified atom stereocenters. The van der Waals surface area contributed by atoms with E-state index < -0.39 is 13.7 Å². The molecule has 2 nitrogen and oxygen atoms in total. The number of pyridine rings is 2. The molecule has 0 bridgehead atoms. The molecule has 0 fully saturated rings. The van der Waals surface area contributed by atoms with Crippen LogP contribution in [0.25, 0.3) is 22.5 Å². The van der Waals surface area contributed by atoms with Gasteiger partial charge in [0.25, 0.3) is 0 Å². The molecular formula is C25H21BrIrN2-2. The fourth-order valence-electron chi connectivity index (χ4n) is 2.34. The van der Waals surface area contributed by atoms with Gasteiger partial charge in [0.05, 0.1) is 0 Å². The van der Waals surface area contributed by atoms with E-state index in [0.717, 1.165) is 21.3 Å². The van der Waals surface area contributed by atoms with Crippen LogP contribution >= 0.6 is 15.9 Å². The van der Waals surface area contributed by atoms with Gasteiger partial charge in [-0.15, -0.1) is 71.3 Å². The van der Waals surface area contributed by atoms with E-state index in [4.69, 9.17) is 8.22 Å². The Hall–Kier alpha value is -2.13. The van der Waals surface area contributed by atoms with Gasteiger partial charge >= 0.3 is 0 Å². The number of hydrogen-bond acceptors (Lipinski definition) is 2. The van der Waals surface area contributed by atoms with Crippen LogP contribution in [0.5, 0.6) is 0 Å². The third-order valence-corrected chi connectivity index (χ3v) is 4.73. The molecule has 0 N–H and O–H groups in total. The fourth-order valence-corrected chi connectivity index (χ4v) is 2.66. The van der Waals surface area contributed by atoms with Crippen LogP contribution in [0, 0.1) is 32.8 Å². The molecule has 149 valence electrons. The molecule has 2 heterocycles. The van der Waals surface area contributed by atoms with Gasteiger partial charge in [0.15, 0.2) is 0 Å². The van der Waals surface area contributed by atoms with Gasteiger partial charge in [-0.3, -0.25) is 0 Å². The van der Waals surface area contributed by atoms with Crippen LogP contribution < -0.4 is 0 Å². The molecule has 2 aromatic heterocycles. The first kappa shape index (κ1) is 15.7. The summed E-state index contributed by atoms with van der Waals surface area (Å²) >= 11 is 3.49. The van der Waals surface area contributed by atoms with Gasteiger partial charge in [-0.05, 0) is 36.3 Å². The average molecular weight is 628 g/mol. The van der Waals surface area contributed by atoms with Crippen molar-refractivity contribution in [1.29, 1.82) is 0 Å². The molecule has 1 radical (unpaired) electrons. The second-order valence-electron chi connectivity index (χ2n) is 6.02. The van der Waals surface area contributed by atoms with Crippen LogP contribution in [0.2, 0.25) is 0 Å². The second-order valence-corrected chi connectivity index (χ2v) is 6.87. The van der Waals surface area contributed by atoms with Crippen molar-refractivity contribution in [3.8, 4) is 22.5 Å². The molecule has 0 aliphatic carbocycles. The molecule has 2 aromatic carbocycles. The van der Waals surface area contributed by atoms with Gasteiger partial charge in [0, 0.05) is 45.2 Å². The Bertz CT molecular complexity index is 1170. The number of aromatic nitrogens is 2. The molecule has 0 aliphatic heterocycles. The Morgan fingerprint density at radius 3 is 2.21 bits per heavy atom. The van der Waals surface area contributed by atoms with Crippen LogP contribution in [0.4, 0.5) is 0 Å². The third kappa shape index (κ3) is 6.71. The summed E-state index contributed by atoms with van der Waals surface area (Å²) in [5.41, 5.74) is 4.66. The van der Waals surface area contributed by atoms with E-state index in [1.807, 2.05) is 43.5 Å². The minimum Gasteiger partial charge on any atom is -0.304 e. The first-order chi connectivity index (χ1) is 15.9. The van der Waals surface area contributed by atoms with Crippen LogP contribution in [0.3, 0.4) is 0 Å². The fraction of sp³-hybridized carbons (Fsp3) is 0.120. The maximum absolute atomic E-state index is 7.28. The molecule has 4 rings (SSSR count). The molecular weight excluding hydrogens is 600 g/mol. The molecule has 0 amide bonds. The minimum absolute atomic E-state index is 0. The van der Waals surface area contributed by atoms with Crippen molar-refractivity contribution in [3.63, 3.8) is 0 Å². The second kappa shape index (κ2) is 11.2. The number of rotatable bonds is 2. The predicted octanol–water partition coefficient (Wildman–Crippen LogP) is 6.78. The Morgan fingerprint density at radius 1 is 0.862 bits per heavy atom. The van der Waals surface area contributed by atoms with E-state index >= 15 is 0 Å². The average Bonchev–Trinajstić information content (AvgIpc) is 2.81. The van der Waals surface area contributed by atoms with E-state index in [-0.39, 0.29) is 31.2 Å². The summed E-state index contributed by atoms with van der Waals surface area (Å²) < 4.78 is 44.7. The smallest absolute Gasteiger partial charge is 0.0280 e.